The van der Waals surface area contributed by atoms with Crippen molar-refractivity contribution < 1.29 is 0 Å². The minimum atomic E-state index is 0.540. The highest BCUT2D eigenvalue weighted by molar-refractivity contribution is 5.35. The van der Waals surface area contributed by atoms with Gasteiger partial charge in [-0.25, -0.2) is 4.98 Å². The molecule has 2 aromatic heterocycles. The number of rotatable bonds is 2. The average Bonchev–Trinajstić information content (AvgIpc) is 2.59. The molecule has 2 heteroatoms. The number of pyridine rings is 1. The molecule has 2 aromatic rings. The van der Waals surface area contributed by atoms with Gasteiger partial charge in [-0.15, -0.1) is 0 Å². The van der Waals surface area contributed by atoms with Gasteiger partial charge in [-0.2, -0.15) is 0 Å². The molecule has 84 valence electrons. The Labute approximate surface area is 97.0 Å². The van der Waals surface area contributed by atoms with Gasteiger partial charge in [-0.3, -0.25) is 0 Å². The van der Waals surface area contributed by atoms with E-state index in [1.165, 1.54) is 17.0 Å². The number of hydrogen-bond donors (Lipinski definition) is 0. The van der Waals surface area contributed by atoms with Crippen molar-refractivity contribution in [3.05, 3.63) is 47.4 Å². The molecule has 0 saturated carbocycles. The van der Waals surface area contributed by atoms with E-state index >= 15 is 0 Å². The second-order valence-electron chi connectivity index (χ2n) is 4.55. The summed E-state index contributed by atoms with van der Waals surface area (Å²) in [4.78, 5) is 4.45. The summed E-state index contributed by atoms with van der Waals surface area (Å²) in [7, 11) is 0. The maximum absolute atomic E-state index is 4.45. The maximum Gasteiger partial charge on any atom is 0.137 e. The van der Waals surface area contributed by atoms with Gasteiger partial charge < -0.3 is 4.57 Å². The van der Waals surface area contributed by atoms with Crippen LogP contribution in [0.25, 0.3) is 5.82 Å². The van der Waals surface area contributed by atoms with E-state index in [2.05, 4.69) is 61.5 Å². The molecule has 16 heavy (non-hydrogen) atoms. The van der Waals surface area contributed by atoms with Crippen molar-refractivity contribution in [3.8, 4) is 5.82 Å². The van der Waals surface area contributed by atoms with Crippen molar-refractivity contribution in [1.29, 1.82) is 0 Å². The molecule has 0 saturated heterocycles. The first-order chi connectivity index (χ1) is 7.59. The molecule has 2 rings (SSSR count). The Morgan fingerprint density at radius 3 is 2.25 bits per heavy atom. The summed E-state index contributed by atoms with van der Waals surface area (Å²) in [5, 5.41) is 0. The Kier molecular flexibility index (Phi) is 2.82. The minimum Gasteiger partial charge on any atom is -0.303 e. The fourth-order valence-electron chi connectivity index (χ4n) is 1.95. The van der Waals surface area contributed by atoms with Crippen LogP contribution in [0.2, 0.25) is 0 Å². The molecular formula is C14H18N2. The zero-order valence-electron chi connectivity index (χ0n) is 10.4. The maximum atomic E-state index is 4.45. The van der Waals surface area contributed by atoms with Crippen molar-refractivity contribution in [1.82, 2.24) is 9.55 Å². The minimum absolute atomic E-state index is 0.540. The highest BCUT2D eigenvalue weighted by Crippen LogP contribution is 2.19. The topological polar surface area (TPSA) is 17.8 Å². The summed E-state index contributed by atoms with van der Waals surface area (Å²) in [6, 6.07) is 8.51. The van der Waals surface area contributed by atoms with Crippen molar-refractivity contribution in [2.45, 2.75) is 33.6 Å². The van der Waals surface area contributed by atoms with Gasteiger partial charge in [0.2, 0.25) is 0 Å². The van der Waals surface area contributed by atoms with Crippen LogP contribution in [0.1, 0.15) is 36.7 Å². The zero-order valence-corrected chi connectivity index (χ0v) is 10.4. The lowest BCUT2D eigenvalue weighted by atomic mass is 10.1. The lowest BCUT2D eigenvalue weighted by molar-refractivity contribution is 0.847. The molecule has 0 spiro atoms. The zero-order chi connectivity index (χ0) is 11.7. The van der Waals surface area contributed by atoms with E-state index in [9.17, 15) is 0 Å². The first-order valence-corrected chi connectivity index (χ1v) is 5.71. The summed E-state index contributed by atoms with van der Waals surface area (Å²) in [5.41, 5.74) is 3.79. The smallest absolute Gasteiger partial charge is 0.137 e. The van der Waals surface area contributed by atoms with E-state index in [1.807, 2.05) is 6.20 Å². The largest absolute Gasteiger partial charge is 0.303 e. The first-order valence-electron chi connectivity index (χ1n) is 5.71. The van der Waals surface area contributed by atoms with Gasteiger partial charge in [0.05, 0.1) is 0 Å². The monoisotopic (exact) mass is 214 g/mol. The third-order valence-electron chi connectivity index (χ3n) is 2.94. The Hall–Kier alpha value is -1.57. The Morgan fingerprint density at radius 1 is 1.06 bits per heavy atom. The molecule has 0 aromatic carbocycles. The first kappa shape index (κ1) is 10.9. The van der Waals surface area contributed by atoms with Gasteiger partial charge in [-0.05, 0) is 49.6 Å². The Bertz CT molecular complexity index is 476. The molecule has 2 heterocycles. The fraction of sp³-hybridized carbons (Fsp3) is 0.357. The molecule has 0 unspecified atom stereocenters. The quantitative estimate of drug-likeness (QED) is 0.746. The van der Waals surface area contributed by atoms with Gasteiger partial charge in [0.25, 0.3) is 0 Å². The van der Waals surface area contributed by atoms with E-state index in [-0.39, 0.29) is 0 Å². The van der Waals surface area contributed by atoms with Crippen LogP contribution < -0.4 is 0 Å². The van der Waals surface area contributed by atoms with Crippen LogP contribution in [0.15, 0.2) is 30.5 Å². The molecule has 0 fully saturated rings. The third kappa shape index (κ3) is 1.87. The molecule has 0 aliphatic carbocycles. The number of aromatic nitrogens is 2. The fourth-order valence-corrected chi connectivity index (χ4v) is 1.95. The summed E-state index contributed by atoms with van der Waals surface area (Å²) >= 11 is 0. The van der Waals surface area contributed by atoms with Gasteiger partial charge in [-0.1, -0.05) is 13.8 Å². The van der Waals surface area contributed by atoms with E-state index in [0.29, 0.717) is 5.92 Å². The second-order valence-corrected chi connectivity index (χ2v) is 4.55. The van der Waals surface area contributed by atoms with Crippen LogP contribution in [-0.2, 0) is 0 Å². The van der Waals surface area contributed by atoms with Crippen LogP contribution >= 0.6 is 0 Å². The van der Waals surface area contributed by atoms with Crippen LogP contribution in [0, 0.1) is 13.8 Å². The highest BCUT2D eigenvalue weighted by atomic mass is 15.1. The van der Waals surface area contributed by atoms with Crippen LogP contribution in [-0.4, -0.2) is 9.55 Å². The standard InChI is InChI=1S/C14H18N2/c1-10(2)13-7-8-15-14(9-13)16-11(3)5-6-12(16)4/h5-10H,1-4H3. The number of nitrogens with zero attached hydrogens (tertiary/aromatic N) is 2. The molecule has 0 amide bonds. The lowest BCUT2D eigenvalue weighted by Gasteiger charge is -2.11. The van der Waals surface area contributed by atoms with E-state index < -0.39 is 0 Å². The van der Waals surface area contributed by atoms with Crippen molar-refractivity contribution in [2.24, 2.45) is 0 Å². The van der Waals surface area contributed by atoms with E-state index in [4.69, 9.17) is 0 Å². The van der Waals surface area contributed by atoms with E-state index in [0.717, 1.165) is 5.82 Å². The van der Waals surface area contributed by atoms with Gasteiger partial charge in [0.15, 0.2) is 0 Å². The normalized spacial score (nSPS) is 11.1. The molecule has 0 aliphatic heterocycles. The van der Waals surface area contributed by atoms with Gasteiger partial charge in [0.1, 0.15) is 5.82 Å². The lowest BCUT2D eigenvalue weighted by Crippen LogP contribution is -2.02. The van der Waals surface area contributed by atoms with E-state index in [1.54, 1.807) is 0 Å². The second kappa shape index (κ2) is 4.12. The highest BCUT2D eigenvalue weighted by Gasteiger charge is 2.06. The molecule has 2 nitrogen and oxygen atoms in total. The number of hydrogen-bond acceptors (Lipinski definition) is 1. The van der Waals surface area contributed by atoms with Crippen LogP contribution in [0.5, 0.6) is 0 Å². The van der Waals surface area contributed by atoms with Crippen molar-refractivity contribution in [3.63, 3.8) is 0 Å². The van der Waals surface area contributed by atoms with Crippen molar-refractivity contribution >= 4 is 0 Å². The van der Waals surface area contributed by atoms with Gasteiger partial charge >= 0.3 is 0 Å². The molecular weight excluding hydrogens is 196 g/mol. The summed E-state index contributed by atoms with van der Waals surface area (Å²) in [6.45, 7) is 8.62. The molecule has 0 bridgehead atoms. The molecule has 0 atom stereocenters. The third-order valence-corrected chi connectivity index (χ3v) is 2.94. The number of aryl methyl sites for hydroxylation is 2. The van der Waals surface area contributed by atoms with Gasteiger partial charge in [0, 0.05) is 17.6 Å². The molecule has 0 aliphatic rings. The summed E-state index contributed by atoms with van der Waals surface area (Å²) < 4.78 is 2.19. The Balaban J connectivity index is 2.52. The predicted octanol–water partition coefficient (Wildman–Crippen LogP) is 3.61. The average molecular weight is 214 g/mol. The summed E-state index contributed by atoms with van der Waals surface area (Å²) in [5.74, 6) is 1.56. The van der Waals surface area contributed by atoms with Crippen molar-refractivity contribution in [2.75, 3.05) is 0 Å². The predicted molar refractivity (Wildman–Crippen MR) is 67.1 cm³/mol. The molecule has 0 N–H and O–H groups in total. The summed E-state index contributed by atoms with van der Waals surface area (Å²) in [6.07, 6.45) is 1.89. The van der Waals surface area contributed by atoms with Crippen LogP contribution in [0.4, 0.5) is 0 Å². The molecule has 0 radical (unpaired) electrons. The SMILES string of the molecule is Cc1ccc(C)n1-c1cc(C(C)C)ccn1. The Morgan fingerprint density at radius 2 is 1.69 bits per heavy atom. The van der Waals surface area contributed by atoms with Crippen LogP contribution in [0.3, 0.4) is 0 Å².